The molecule has 0 saturated carbocycles. The largest absolute Gasteiger partial charge is 0.459 e. The van der Waals surface area contributed by atoms with Crippen LogP contribution >= 0.6 is 0 Å². The van der Waals surface area contributed by atoms with Crippen LogP contribution < -0.4 is 0 Å². The highest BCUT2D eigenvalue weighted by atomic mass is 19.1. The summed E-state index contributed by atoms with van der Waals surface area (Å²) in [6.45, 7) is 6.95. The van der Waals surface area contributed by atoms with Gasteiger partial charge in [0.15, 0.2) is 0 Å². The van der Waals surface area contributed by atoms with Gasteiger partial charge in [-0.15, -0.1) is 0 Å². The molecule has 0 radical (unpaired) electrons. The highest BCUT2D eigenvalue weighted by molar-refractivity contribution is 5.76. The summed E-state index contributed by atoms with van der Waals surface area (Å²) in [5.41, 5.74) is -0.227. The topological polar surface area (TPSA) is 78.1 Å². The molecule has 0 aliphatic carbocycles. The van der Waals surface area contributed by atoms with Gasteiger partial charge in [0, 0.05) is 0 Å². The number of carbonyl (C=O) groups excluding carboxylic acids is 1. The summed E-state index contributed by atoms with van der Waals surface area (Å²) in [4.78, 5) is 19.9. The van der Waals surface area contributed by atoms with Gasteiger partial charge in [0.1, 0.15) is 23.0 Å². The van der Waals surface area contributed by atoms with E-state index < -0.39 is 23.3 Å². The lowest BCUT2D eigenvalue weighted by atomic mass is 10.1. The summed E-state index contributed by atoms with van der Waals surface area (Å²) < 4.78 is 23.1. The minimum Gasteiger partial charge on any atom is -0.459 e. The third kappa shape index (κ3) is 3.84. The van der Waals surface area contributed by atoms with Crippen LogP contribution in [0.3, 0.4) is 0 Å². The molecule has 0 bridgehead atoms. The maximum absolute atomic E-state index is 12.8. The van der Waals surface area contributed by atoms with Crippen LogP contribution in [0.1, 0.15) is 39.5 Å². The minimum atomic E-state index is -0.689. The molecule has 2 heterocycles. The zero-order valence-electron chi connectivity index (χ0n) is 12.3. The van der Waals surface area contributed by atoms with Gasteiger partial charge in [-0.25, -0.2) is 9.37 Å². The Labute approximate surface area is 121 Å². The number of nitrogens with zero attached hydrogens (tertiary/aromatic N) is 3. The fourth-order valence-corrected chi connectivity index (χ4v) is 1.51. The molecule has 0 amide bonds. The van der Waals surface area contributed by atoms with Crippen molar-refractivity contribution in [2.75, 3.05) is 0 Å². The standard InChI is InChI=1S/C14H16FN3O3/c1-8(13(19)20-14(2,3)4)12-17-11(18-21-12)10-6-5-9(15)7-16-10/h5-8H,1-4H3/t8-/m1/s1. The second-order valence-electron chi connectivity index (χ2n) is 5.57. The molecular formula is C14H16FN3O3. The average Bonchev–Trinajstić information content (AvgIpc) is 2.86. The number of rotatable bonds is 3. The summed E-state index contributed by atoms with van der Waals surface area (Å²) in [7, 11) is 0. The SMILES string of the molecule is C[C@@H](C(=O)OC(C)(C)C)c1nc(-c2ccc(F)cn2)no1. The number of ether oxygens (including phenoxy) is 1. The Morgan fingerprint density at radius 2 is 2.10 bits per heavy atom. The van der Waals surface area contributed by atoms with Gasteiger partial charge in [0.05, 0.1) is 6.20 Å². The molecule has 6 nitrogen and oxygen atoms in total. The van der Waals surface area contributed by atoms with Crippen LogP contribution in [0.25, 0.3) is 11.5 Å². The van der Waals surface area contributed by atoms with Crippen molar-refractivity contribution in [3.8, 4) is 11.5 Å². The third-order valence-electron chi connectivity index (χ3n) is 2.53. The molecule has 0 N–H and O–H groups in total. The Bertz CT molecular complexity index is 632. The van der Waals surface area contributed by atoms with Gasteiger partial charge in [-0.2, -0.15) is 4.98 Å². The van der Waals surface area contributed by atoms with E-state index in [0.717, 1.165) is 6.20 Å². The van der Waals surface area contributed by atoms with Crippen molar-refractivity contribution in [2.45, 2.75) is 39.2 Å². The molecule has 7 heteroatoms. The minimum absolute atomic E-state index is 0.130. The van der Waals surface area contributed by atoms with Crippen molar-refractivity contribution < 1.29 is 18.4 Å². The van der Waals surface area contributed by atoms with E-state index in [1.54, 1.807) is 27.7 Å². The van der Waals surface area contributed by atoms with Crippen LogP contribution in [0, 0.1) is 5.82 Å². The molecule has 2 rings (SSSR count). The van der Waals surface area contributed by atoms with E-state index in [-0.39, 0.29) is 11.7 Å². The van der Waals surface area contributed by atoms with Crippen molar-refractivity contribution in [3.05, 3.63) is 30.0 Å². The Morgan fingerprint density at radius 1 is 1.38 bits per heavy atom. The fourth-order valence-electron chi connectivity index (χ4n) is 1.51. The van der Waals surface area contributed by atoms with E-state index in [0.29, 0.717) is 5.69 Å². The molecule has 0 saturated heterocycles. The van der Waals surface area contributed by atoms with E-state index in [2.05, 4.69) is 15.1 Å². The van der Waals surface area contributed by atoms with Crippen LogP contribution in [0.5, 0.6) is 0 Å². The number of hydrogen-bond acceptors (Lipinski definition) is 6. The van der Waals surface area contributed by atoms with E-state index >= 15 is 0 Å². The predicted octanol–water partition coefficient (Wildman–Crippen LogP) is 2.72. The maximum Gasteiger partial charge on any atom is 0.318 e. The van der Waals surface area contributed by atoms with Gasteiger partial charge in [-0.3, -0.25) is 4.79 Å². The van der Waals surface area contributed by atoms with Crippen LogP contribution in [0.2, 0.25) is 0 Å². The molecule has 0 aromatic carbocycles. The Hall–Kier alpha value is -2.31. The Morgan fingerprint density at radius 3 is 2.67 bits per heavy atom. The molecule has 0 aliphatic rings. The van der Waals surface area contributed by atoms with Gasteiger partial charge < -0.3 is 9.26 Å². The van der Waals surface area contributed by atoms with Gasteiger partial charge in [-0.05, 0) is 39.8 Å². The van der Waals surface area contributed by atoms with Crippen molar-refractivity contribution in [3.63, 3.8) is 0 Å². The zero-order chi connectivity index (χ0) is 15.6. The smallest absolute Gasteiger partial charge is 0.318 e. The van der Waals surface area contributed by atoms with Crippen LogP contribution in [0.15, 0.2) is 22.9 Å². The number of carbonyl (C=O) groups is 1. The van der Waals surface area contributed by atoms with E-state index in [4.69, 9.17) is 9.26 Å². The quantitative estimate of drug-likeness (QED) is 0.810. The fraction of sp³-hybridized carbons (Fsp3) is 0.429. The molecule has 0 spiro atoms. The van der Waals surface area contributed by atoms with Crippen molar-refractivity contribution >= 4 is 5.97 Å². The number of hydrogen-bond donors (Lipinski definition) is 0. The first-order valence-corrected chi connectivity index (χ1v) is 6.44. The number of halogens is 1. The maximum atomic E-state index is 12.8. The van der Waals surface area contributed by atoms with Gasteiger partial charge in [0.2, 0.25) is 11.7 Å². The first kappa shape index (κ1) is 15.1. The summed E-state index contributed by atoms with van der Waals surface area (Å²) in [6.07, 6.45) is 1.06. The second-order valence-corrected chi connectivity index (χ2v) is 5.57. The number of aromatic nitrogens is 3. The van der Waals surface area contributed by atoms with E-state index in [1.165, 1.54) is 12.1 Å². The number of esters is 1. The van der Waals surface area contributed by atoms with Gasteiger partial charge in [-0.1, -0.05) is 5.16 Å². The predicted molar refractivity (Wildman–Crippen MR) is 71.7 cm³/mol. The van der Waals surface area contributed by atoms with Crippen LogP contribution in [0.4, 0.5) is 4.39 Å². The Kier molecular flexibility index (Phi) is 4.02. The second kappa shape index (κ2) is 5.59. The molecular weight excluding hydrogens is 277 g/mol. The van der Waals surface area contributed by atoms with Gasteiger partial charge >= 0.3 is 5.97 Å². The van der Waals surface area contributed by atoms with Crippen molar-refractivity contribution in [1.29, 1.82) is 0 Å². The van der Waals surface area contributed by atoms with E-state index in [1.807, 2.05) is 0 Å². The van der Waals surface area contributed by atoms with Crippen LogP contribution in [-0.2, 0) is 9.53 Å². The lowest BCUT2D eigenvalue weighted by Crippen LogP contribution is -2.26. The normalized spacial score (nSPS) is 13.0. The summed E-state index contributed by atoms with van der Waals surface area (Å²) in [6, 6.07) is 2.68. The van der Waals surface area contributed by atoms with Crippen molar-refractivity contribution in [1.82, 2.24) is 15.1 Å². The van der Waals surface area contributed by atoms with Gasteiger partial charge in [0.25, 0.3) is 0 Å². The van der Waals surface area contributed by atoms with E-state index in [9.17, 15) is 9.18 Å². The Balaban J connectivity index is 2.16. The molecule has 1 atom stereocenters. The molecule has 21 heavy (non-hydrogen) atoms. The highest BCUT2D eigenvalue weighted by Gasteiger charge is 2.27. The summed E-state index contributed by atoms with van der Waals surface area (Å²) >= 11 is 0. The molecule has 0 unspecified atom stereocenters. The third-order valence-corrected chi connectivity index (χ3v) is 2.53. The lowest BCUT2D eigenvalue weighted by Gasteiger charge is -2.20. The summed E-state index contributed by atoms with van der Waals surface area (Å²) in [5, 5.41) is 3.74. The average molecular weight is 293 g/mol. The molecule has 2 aromatic rings. The lowest BCUT2D eigenvalue weighted by molar-refractivity contribution is -0.156. The zero-order valence-corrected chi connectivity index (χ0v) is 12.3. The number of pyridine rings is 1. The first-order chi connectivity index (χ1) is 9.76. The monoisotopic (exact) mass is 293 g/mol. The molecule has 112 valence electrons. The van der Waals surface area contributed by atoms with Crippen molar-refractivity contribution in [2.24, 2.45) is 0 Å². The molecule has 2 aromatic heterocycles. The highest BCUT2D eigenvalue weighted by Crippen LogP contribution is 2.21. The molecule has 0 aliphatic heterocycles. The van der Waals surface area contributed by atoms with Crippen LogP contribution in [-0.4, -0.2) is 26.7 Å². The molecule has 0 fully saturated rings. The summed E-state index contributed by atoms with van der Waals surface area (Å²) in [5.74, 6) is -1.27. The first-order valence-electron chi connectivity index (χ1n) is 6.44.